The minimum atomic E-state index is -3.26. The Hall–Kier alpha value is -2.79. The number of fused-ring (bicyclic) bond motifs is 1. The van der Waals surface area contributed by atoms with Crippen LogP contribution in [-0.2, 0) is 16.0 Å². The predicted molar refractivity (Wildman–Crippen MR) is 68.6 cm³/mol. The van der Waals surface area contributed by atoms with Gasteiger partial charge >= 0.3 is 17.8 Å². The lowest BCUT2D eigenvalue weighted by Crippen LogP contribution is -2.48. The molecule has 3 N–H and O–H groups in total. The maximum atomic E-state index is 11.1. The van der Waals surface area contributed by atoms with Gasteiger partial charge in [-0.2, -0.15) is 0 Å². The molecule has 2 rings (SSSR count). The average molecular weight is 331 g/mol. The smallest absolute Gasteiger partial charge is 0.372 e. The topological polar surface area (TPSA) is 168 Å². The summed E-state index contributed by atoms with van der Waals surface area (Å²) in [5.74, 6) is -4.92. The monoisotopic (exact) mass is 330 g/mol. The van der Waals surface area contributed by atoms with E-state index in [1.54, 1.807) is 0 Å². The third-order valence-corrected chi connectivity index (χ3v) is 3.00. The van der Waals surface area contributed by atoms with Crippen LogP contribution >= 0.6 is 11.6 Å². The molecule has 0 bridgehead atoms. The first-order valence-corrected chi connectivity index (χ1v) is 5.92. The molecule has 0 amide bonds. The van der Waals surface area contributed by atoms with E-state index in [2.05, 4.69) is 10.1 Å². The standard InChI is InChI=1S/C10H7ClN4O7/c11-5-1-2-6-12-4(7(15(21)22)14(6)13-5)3-10(20,8(16)17)9(18)19/h1-2,20H,3H2,(H,16,17)(H,18,19). The zero-order chi connectivity index (χ0) is 16.7. The number of halogens is 1. The Bertz CT molecular complexity index is 788. The van der Waals surface area contributed by atoms with Crippen molar-refractivity contribution in [1.82, 2.24) is 14.6 Å². The molecule has 12 heteroatoms. The van der Waals surface area contributed by atoms with Crippen LogP contribution in [0.4, 0.5) is 5.82 Å². The van der Waals surface area contributed by atoms with Gasteiger partial charge in [0, 0.05) is 12.5 Å². The molecule has 0 aliphatic heterocycles. The number of imidazole rings is 1. The van der Waals surface area contributed by atoms with Crippen LogP contribution in [-0.4, -0.2) is 52.4 Å². The largest absolute Gasteiger partial charge is 0.479 e. The quantitative estimate of drug-likeness (QED) is 0.379. The molecule has 0 fully saturated rings. The summed E-state index contributed by atoms with van der Waals surface area (Å²) in [7, 11) is 0. The van der Waals surface area contributed by atoms with Crippen LogP contribution in [0.3, 0.4) is 0 Å². The van der Waals surface area contributed by atoms with E-state index >= 15 is 0 Å². The second kappa shape index (κ2) is 5.20. The zero-order valence-electron chi connectivity index (χ0n) is 10.5. The fourth-order valence-electron chi connectivity index (χ4n) is 1.73. The minimum Gasteiger partial charge on any atom is -0.479 e. The Morgan fingerprint density at radius 2 is 1.95 bits per heavy atom. The average Bonchev–Trinajstić information content (AvgIpc) is 2.74. The SMILES string of the molecule is O=C(O)C(O)(Cc1nc2ccc(Cl)nn2c1[N+](=O)[O-])C(=O)O. The van der Waals surface area contributed by atoms with Gasteiger partial charge in [0.25, 0.3) is 5.60 Å². The van der Waals surface area contributed by atoms with Gasteiger partial charge < -0.3 is 25.4 Å². The molecule has 0 spiro atoms. The van der Waals surface area contributed by atoms with Crippen molar-refractivity contribution in [1.29, 1.82) is 0 Å². The molecule has 2 heterocycles. The molecule has 0 aliphatic carbocycles. The number of aliphatic carboxylic acids is 2. The lowest BCUT2D eigenvalue weighted by atomic mass is 9.98. The fraction of sp³-hybridized carbons (Fsp3) is 0.200. The molecule has 0 unspecified atom stereocenters. The highest BCUT2D eigenvalue weighted by atomic mass is 35.5. The molecule has 0 atom stereocenters. The van der Waals surface area contributed by atoms with E-state index in [1.165, 1.54) is 12.1 Å². The molecular weight excluding hydrogens is 324 g/mol. The number of carboxylic acids is 2. The van der Waals surface area contributed by atoms with Gasteiger partial charge in [0.05, 0.1) is 0 Å². The summed E-state index contributed by atoms with van der Waals surface area (Å²) < 4.78 is 0.724. The second-order valence-electron chi connectivity index (χ2n) is 4.21. The van der Waals surface area contributed by atoms with Crippen molar-refractivity contribution in [2.24, 2.45) is 0 Å². The van der Waals surface area contributed by atoms with Gasteiger partial charge in [0.2, 0.25) is 5.65 Å². The van der Waals surface area contributed by atoms with E-state index in [9.17, 15) is 24.8 Å². The molecule has 116 valence electrons. The Balaban J connectivity index is 2.65. The summed E-state index contributed by atoms with van der Waals surface area (Å²) in [6.45, 7) is 0. The number of nitro groups is 1. The van der Waals surface area contributed by atoms with E-state index in [0.717, 1.165) is 4.52 Å². The van der Waals surface area contributed by atoms with Gasteiger partial charge in [0.15, 0.2) is 5.15 Å². The molecule has 22 heavy (non-hydrogen) atoms. The summed E-state index contributed by atoms with van der Waals surface area (Å²) in [4.78, 5) is 35.8. The Kier molecular flexibility index (Phi) is 3.69. The third kappa shape index (κ3) is 2.42. The van der Waals surface area contributed by atoms with Crippen LogP contribution < -0.4 is 0 Å². The van der Waals surface area contributed by atoms with E-state index in [-0.39, 0.29) is 10.8 Å². The van der Waals surface area contributed by atoms with Crippen molar-refractivity contribution in [2.75, 3.05) is 0 Å². The number of aromatic nitrogens is 3. The number of hydrogen-bond donors (Lipinski definition) is 3. The summed E-state index contributed by atoms with van der Waals surface area (Å²) in [5, 5.41) is 42.0. The van der Waals surface area contributed by atoms with Crippen LogP contribution in [0.25, 0.3) is 5.65 Å². The number of rotatable bonds is 5. The van der Waals surface area contributed by atoms with Crippen molar-refractivity contribution < 1.29 is 29.8 Å². The highest BCUT2D eigenvalue weighted by molar-refractivity contribution is 6.29. The van der Waals surface area contributed by atoms with Gasteiger partial charge in [-0.3, -0.25) is 0 Å². The van der Waals surface area contributed by atoms with Crippen molar-refractivity contribution in [3.8, 4) is 0 Å². The summed E-state index contributed by atoms with van der Waals surface area (Å²) in [6, 6.07) is 2.56. The van der Waals surface area contributed by atoms with Crippen LogP contribution in [0, 0.1) is 10.1 Å². The van der Waals surface area contributed by atoms with Crippen LogP contribution in [0.5, 0.6) is 0 Å². The lowest BCUT2D eigenvalue weighted by molar-refractivity contribution is -0.391. The Morgan fingerprint density at radius 3 is 2.45 bits per heavy atom. The molecule has 0 radical (unpaired) electrons. The third-order valence-electron chi connectivity index (χ3n) is 2.79. The number of hydrogen-bond acceptors (Lipinski definition) is 7. The van der Waals surface area contributed by atoms with Crippen LogP contribution in [0.15, 0.2) is 12.1 Å². The molecule has 2 aromatic heterocycles. The first-order valence-electron chi connectivity index (χ1n) is 5.54. The second-order valence-corrected chi connectivity index (χ2v) is 4.60. The van der Waals surface area contributed by atoms with Crippen molar-refractivity contribution in [2.45, 2.75) is 12.0 Å². The highest BCUT2D eigenvalue weighted by Gasteiger charge is 2.47. The van der Waals surface area contributed by atoms with Crippen LogP contribution in [0.1, 0.15) is 5.69 Å². The first-order chi connectivity index (χ1) is 10.2. The summed E-state index contributed by atoms with van der Waals surface area (Å²) >= 11 is 5.62. The van der Waals surface area contributed by atoms with Crippen LogP contribution in [0.2, 0.25) is 5.15 Å². The van der Waals surface area contributed by atoms with Gasteiger partial charge in [-0.15, -0.1) is 0 Å². The van der Waals surface area contributed by atoms with E-state index < -0.39 is 40.4 Å². The van der Waals surface area contributed by atoms with Crippen molar-refractivity contribution in [3.05, 3.63) is 33.1 Å². The molecule has 2 aromatic rings. The van der Waals surface area contributed by atoms with Gasteiger partial charge in [-0.25, -0.2) is 14.6 Å². The summed E-state index contributed by atoms with van der Waals surface area (Å²) in [5.41, 5.74) is -3.86. The normalized spacial score (nSPS) is 11.5. The lowest BCUT2D eigenvalue weighted by Gasteiger charge is -2.16. The highest BCUT2D eigenvalue weighted by Crippen LogP contribution is 2.25. The zero-order valence-corrected chi connectivity index (χ0v) is 11.3. The predicted octanol–water partition coefficient (Wildman–Crippen LogP) is -0.266. The van der Waals surface area contributed by atoms with Gasteiger partial charge in [-0.1, -0.05) is 21.2 Å². The molecule has 0 aromatic carbocycles. The maximum Gasteiger partial charge on any atom is 0.372 e. The molecule has 0 aliphatic rings. The minimum absolute atomic E-state index is 0.0516. The van der Waals surface area contributed by atoms with Crippen molar-refractivity contribution >= 4 is 35.0 Å². The molecule has 11 nitrogen and oxygen atoms in total. The number of carboxylic acid groups (broad SMARTS) is 2. The number of nitrogens with zero attached hydrogens (tertiary/aromatic N) is 4. The Morgan fingerprint density at radius 1 is 1.36 bits per heavy atom. The van der Waals surface area contributed by atoms with E-state index in [1.807, 2.05) is 0 Å². The van der Waals surface area contributed by atoms with E-state index in [0.29, 0.717) is 0 Å². The summed E-state index contributed by atoms with van der Waals surface area (Å²) in [6.07, 6.45) is -1.12. The van der Waals surface area contributed by atoms with Gasteiger partial charge in [-0.05, 0) is 11.0 Å². The van der Waals surface area contributed by atoms with Gasteiger partial charge in [0.1, 0.15) is 5.69 Å². The molecular formula is C10H7ClN4O7. The fourth-order valence-corrected chi connectivity index (χ4v) is 1.87. The maximum absolute atomic E-state index is 11.1. The van der Waals surface area contributed by atoms with Crippen molar-refractivity contribution in [3.63, 3.8) is 0 Å². The molecule has 0 saturated carbocycles. The first kappa shape index (κ1) is 15.6. The number of aliphatic hydroxyl groups is 1. The molecule has 0 saturated heterocycles. The Labute approximate surface area is 125 Å². The van der Waals surface area contributed by atoms with E-state index in [4.69, 9.17) is 21.8 Å². The number of carbonyl (C=O) groups is 2.